The number of halogens is 2. The summed E-state index contributed by atoms with van der Waals surface area (Å²) in [6.07, 6.45) is 1.74. The van der Waals surface area contributed by atoms with Crippen molar-refractivity contribution < 1.29 is 9.18 Å². The molecule has 23 heavy (non-hydrogen) atoms. The van der Waals surface area contributed by atoms with E-state index >= 15 is 0 Å². The highest BCUT2D eigenvalue weighted by molar-refractivity contribution is 5.92. The van der Waals surface area contributed by atoms with Crippen LogP contribution in [0.3, 0.4) is 0 Å². The van der Waals surface area contributed by atoms with Gasteiger partial charge in [0.15, 0.2) is 5.69 Å². The Balaban J connectivity index is 0.00000156. The summed E-state index contributed by atoms with van der Waals surface area (Å²) in [5.74, 6) is 0.839. The van der Waals surface area contributed by atoms with Crippen LogP contribution in [0.15, 0.2) is 36.5 Å². The highest BCUT2D eigenvalue weighted by atomic mass is 35.5. The number of benzene rings is 1. The molecular weight excluding hydrogens is 319 g/mol. The van der Waals surface area contributed by atoms with Crippen molar-refractivity contribution in [2.45, 2.75) is 0 Å². The molecule has 0 radical (unpaired) electrons. The maximum absolute atomic E-state index is 13.0. The summed E-state index contributed by atoms with van der Waals surface area (Å²) in [6, 6.07) is 7.77. The van der Waals surface area contributed by atoms with Gasteiger partial charge < -0.3 is 10.2 Å². The smallest absolute Gasteiger partial charge is 0.274 e. The van der Waals surface area contributed by atoms with E-state index in [1.165, 1.54) is 12.1 Å². The van der Waals surface area contributed by atoms with Gasteiger partial charge in [0.05, 0.1) is 5.69 Å². The van der Waals surface area contributed by atoms with E-state index in [-0.39, 0.29) is 24.1 Å². The zero-order valence-corrected chi connectivity index (χ0v) is 13.3. The third kappa shape index (κ3) is 2.96. The van der Waals surface area contributed by atoms with Gasteiger partial charge in [-0.3, -0.25) is 4.79 Å². The van der Waals surface area contributed by atoms with Gasteiger partial charge >= 0.3 is 0 Å². The first-order valence-corrected chi connectivity index (χ1v) is 7.52. The molecule has 2 aromatic rings. The van der Waals surface area contributed by atoms with Crippen LogP contribution in [-0.4, -0.2) is 46.8 Å². The Morgan fingerprint density at radius 2 is 1.78 bits per heavy atom. The number of carbonyl (C=O) groups is 1. The minimum absolute atomic E-state index is 0. The third-order valence-electron chi connectivity index (χ3n) is 4.58. The third-order valence-corrected chi connectivity index (χ3v) is 4.58. The van der Waals surface area contributed by atoms with Gasteiger partial charge in [0, 0.05) is 32.4 Å². The molecule has 1 N–H and O–H groups in total. The average molecular weight is 337 g/mol. The predicted molar refractivity (Wildman–Crippen MR) is 86.5 cm³/mol. The number of hydrogen-bond acceptors (Lipinski definition) is 3. The van der Waals surface area contributed by atoms with Crippen LogP contribution in [0, 0.1) is 17.7 Å². The number of fused-ring (bicyclic) bond motifs is 1. The zero-order valence-electron chi connectivity index (χ0n) is 12.5. The lowest BCUT2D eigenvalue weighted by Crippen LogP contribution is -2.32. The van der Waals surface area contributed by atoms with E-state index in [0.29, 0.717) is 17.5 Å². The molecule has 7 heteroatoms. The number of amides is 1. The second-order valence-electron chi connectivity index (χ2n) is 6.01. The fraction of sp³-hybridized carbons (Fsp3) is 0.375. The summed E-state index contributed by atoms with van der Waals surface area (Å²) in [7, 11) is 0. The van der Waals surface area contributed by atoms with Crippen molar-refractivity contribution in [2.75, 3.05) is 26.2 Å². The molecule has 2 fully saturated rings. The topological polar surface area (TPSA) is 50.2 Å². The molecule has 0 spiro atoms. The van der Waals surface area contributed by atoms with Crippen molar-refractivity contribution >= 4 is 18.3 Å². The van der Waals surface area contributed by atoms with Crippen molar-refractivity contribution in [3.05, 3.63) is 48.0 Å². The maximum atomic E-state index is 13.0. The Bertz CT molecular complexity index is 690. The van der Waals surface area contributed by atoms with Crippen LogP contribution in [0.25, 0.3) is 5.69 Å². The van der Waals surface area contributed by atoms with Crippen molar-refractivity contribution in [3.8, 4) is 5.69 Å². The molecule has 0 saturated carbocycles. The quantitative estimate of drug-likeness (QED) is 0.908. The van der Waals surface area contributed by atoms with Gasteiger partial charge in [0.25, 0.3) is 5.91 Å². The summed E-state index contributed by atoms with van der Waals surface area (Å²) in [4.78, 5) is 14.4. The van der Waals surface area contributed by atoms with Crippen molar-refractivity contribution in [2.24, 2.45) is 11.8 Å². The van der Waals surface area contributed by atoms with Crippen LogP contribution in [0.4, 0.5) is 4.39 Å². The number of nitrogens with one attached hydrogen (secondary N) is 1. The van der Waals surface area contributed by atoms with Gasteiger partial charge in [0.2, 0.25) is 0 Å². The zero-order chi connectivity index (χ0) is 15.1. The Morgan fingerprint density at radius 1 is 1.13 bits per heavy atom. The SMILES string of the molecule is Cl.O=C(c1ccn(-c2ccc(F)cc2)n1)N1C[C@H]2CNC[C@H]2C1. The molecule has 0 bridgehead atoms. The van der Waals surface area contributed by atoms with E-state index < -0.39 is 0 Å². The lowest BCUT2D eigenvalue weighted by Gasteiger charge is -2.15. The Morgan fingerprint density at radius 3 is 2.43 bits per heavy atom. The molecular formula is C16H18ClFN4O. The summed E-state index contributed by atoms with van der Waals surface area (Å²) < 4.78 is 14.6. The van der Waals surface area contributed by atoms with Crippen LogP contribution in [-0.2, 0) is 0 Å². The van der Waals surface area contributed by atoms with Crippen LogP contribution < -0.4 is 5.32 Å². The van der Waals surface area contributed by atoms with Crippen LogP contribution in [0.2, 0.25) is 0 Å². The molecule has 2 aliphatic heterocycles. The predicted octanol–water partition coefficient (Wildman–Crippen LogP) is 1.72. The van der Waals surface area contributed by atoms with E-state index in [1.807, 2.05) is 4.90 Å². The molecule has 0 unspecified atom stereocenters. The normalized spacial score (nSPS) is 22.7. The fourth-order valence-electron chi connectivity index (χ4n) is 3.36. The highest BCUT2D eigenvalue weighted by Crippen LogP contribution is 2.27. The van der Waals surface area contributed by atoms with E-state index in [9.17, 15) is 9.18 Å². The molecule has 2 saturated heterocycles. The van der Waals surface area contributed by atoms with Crippen LogP contribution in [0.1, 0.15) is 10.5 Å². The lowest BCUT2D eigenvalue weighted by molar-refractivity contribution is 0.0775. The second kappa shape index (κ2) is 6.29. The number of rotatable bonds is 2. The van der Waals surface area contributed by atoms with E-state index in [1.54, 1.807) is 29.1 Å². The van der Waals surface area contributed by atoms with Crippen LogP contribution in [0.5, 0.6) is 0 Å². The Hall–Kier alpha value is -1.92. The molecule has 1 aromatic carbocycles. The molecule has 0 aliphatic carbocycles. The molecule has 5 nitrogen and oxygen atoms in total. The molecule has 2 atom stereocenters. The molecule has 2 aliphatic rings. The summed E-state index contributed by atoms with van der Waals surface area (Å²) in [6.45, 7) is 3.61. The van der Waals surface area contributed by atoms with Crippen molar-refractivity contribution in [1.82, 2.24) is 20.0 Å². The molecule has 122 valence electrons. The van der Waals surface area contributed by atoms with Crippen molar-refractivity contribution in [3.63, 3.8) is 0 Å². The van der Waals surface area contributed by atoms with Gasteiger partial charge in [-0.1, -0.05) is 0 Å². The van der Waals surface area contributed by atoms with Gasteiger partial charge in [-0.25, -0.2) is 9.07 Å². The number of aromatic nitrogens is 2. The first kappa shape index (κ1) is 16.0. The van der Waals surface area contributed by atoms with Gasteiger partial charge in [0.1, 0.15) is 5.82 Å². The highest BCUT2D eigenvalue weighted by Gasteiger charge is 2.38. The summed E-state index contributed by atoms with van der Waals surface area (Å²) in [5, 5.41) is 7.70. The fourth-order valence-corrected chi connectivity index (χ4v) is 3.36. The van der Waals surface area contributed by atoms with E-state index in [0.717, 1.165) is 31.9 Å². The first-order valence-electron chi connectivity index (χ1n) is 7.52. The largest absolute Gasteiger partial charge is 0.337 e. The average Bonchev–Trinajstić information content (AvgIpc) is 3.22. The summed E-state index contributed by atoms with van der Waals surface area (Å²) in [5.41, 5.74) is 1.18. The van der Waals surface area contributed by atoms with Gasteiger partial charge in [-0.15, -0.1) is 12.4 Å². The van der Waals surface area contributed by atoms with Crippen molar-refractivity contribution in [1.29, 1.82) is 0 Å². The molecule has 4 rings (SSSR count). The molecule has 3 heterocycles. The number of nitrogens with zero attached hydrogens (tertiary/aromatic N) is 3. The maximum Gasteiger partial charge on any atom is 0.274 e. The molecule has 1 aromatic heterocycles. The Labute approximate surface area is 139 Å². The van der Waals surface area contributed by atoms with E-state index in [2.05, 4.69) is 10.4 Å². The number of hydrogen-bond donors (Lipinski definition) is 1. The summed E-state index contributed by atoms with van der Waals surface area (Å²) >= 11 is 0. The first-order chi connectivity index (χ1) is 10.7. The van der Waals surface area contributed by atoms with E-state index in [4.69, 9.17) is 0 Å². The Kier molecular flexibility index (Phi) is 4.37. The second-order valence-corrected chi connectivity index (χ2v) is 6.01. The number of carbonyl (C=O) groups excluding carboxylic acids is 1. The standard InChI is InChI=1S/C16H17FN4O.ClH/c17-13-1-3-14(4-2-13)21-6-5-15(19-21)16(22)20-9-11-7-18-8-12(11)10-20;/h1-6,11-12,18H,7-10H2;1H/t11-,12+;. The monoisotopic (exact) mass is 336 g/mol. The van der Waals surface area contributed by atoms with Crippen LogP contribution >= 0.6 is 12.4 Å². The lowest BCUT2D eigenvalue weighted by atomic mass is 10.0. The number of likely N-dealkylation sites (tertiary alicyclic amines) is 1. The minimum atomic E-state index is -0.288. The van der Waals surface area contributed by atoms with Gasteiger partial charge in [-0.2, -0.15) is 5.10 Å². The minimum Gasteiger partial charge on any atom is -0.337 e. The molecule has 1 amide bonds. The van der Waals surface area contributed by atoms with Gasteiger partial charge in [-0.05, 0) is 42.2 Å².